The molecule has 1 aromatic rings. The largest absolute Gasteiger partial charge is 0.376 e. The zero-order valence-corrected chi connectivity index (χ0v) is 16.6. The van der Waals surface area contributed by atoms with Crippen LogP contribution in [0.3, 0.4) is 0 Å². The number of halogens is 1. The lowest BCUT2D eigenvalue weighted by Gasteiger charge is -2.30. The van der Waals surface area contributed by atoms with Gasteiger partial charge in [-0.2, -0.15) is 0 Å². The molecule has 8 heteroatoms. The highest BCUT2D eigenvalue weighted by Gasteiger charge is 2.27. The van der Waals surface area contributed by atoms with Crippen LogP contribution in [0.15, 0.2) is 12.1 Å². The van der Waals surface area contributed by atoms with Gasteiger partial charge in [-0.3, -0.25) is 4.90 Å². The second-order valence-electron chi connectivity index (χ2n) is 7.32. The summed E-state index contributed by atoms with van der Waals surface area (Å²) in [4.78, 5) is 28.0. The Morgan fingerprint density at radius 3 is 2.89 bits per heavy atom. The number of rotatable bonds is 6. The number of urea groups is 2. The number of benzene rings is 1. The standard InChI is InChI=1S/C20H29FN4O3/c1-3-10-24(13-15-6-4-5-12-28-15)20(27)23-17-8-7-16(21)18(14(17)2)25-11-9-22-19(25)26/h7-8,15H,3-6,9-13H2,1-2H3,(H,22,26)(H,23,27)/t15-/m0/s1. The van der Waals surface area contributed by atoms with E-state index in [1.807, 2.05) is 6.92 Å². The summed E-state index contributed by atoms with van der Waals surface area (Å²) in [5.74, 6) is -0.478. The van der Waals surface area contributed by atoms with Crippen LogP contribution in [0.1, 0.15) is 38.2 Å². The summed E-state index contributed by atoms with van der Waals surface area (Å²) in [6.07, 6.45) is 4.03. The molecular weight excluding hydrogens is 363 g/mol. The summed E-state index contributed by atoms with van der Waals surface area (Å²) in [5, 5.41) is 5.57. The first-order valence-electron chi connectivity index (χ1n) is 10.0. The van der Waals surface area contributed by atoms with Gasteiger partial charge in [-0.15, -0.1) is 0 Å². The fourth-order valence-corrected chi connectivity index (χ4v) is 3.76. The van der Waals surface area contributed by atoms with Gasteiger partial charge >= 0.3 is 12.1 Å². The van der Waals surface area contributed by atoms with Crippen molar-refractivity contribution in [2.24, 2.45) is 0 Å². The fourth-order valence-electron chi connectivity index (χ4n) is 3.76. The minimum Gasteiger partial charge on any atom is -0.376 e. The van der Waals surface area contributed by atoms with Crippen molar-refractivity contribution in [3.63, 3.8) is 0 Å². The van der Waals surface area contributed by atoms with Crippen LogP contribution in [0.2, 0.25) is 0 Å². The number of amides is 4. The first-order valence-corrected chi connectivity index (χ1v) is 10.0. The number of anilines is 2. The molecule has 1 aromatic carbocycles. The van der Waals surface area contributed by atoms with Crippen LogP contribution in [0.5, 0.6) is 0 Å². The van der Waals surface area contributed by atoms with E-state index < -0.39 is 5.82 Å². The van der Waals surface area contributed by atoms with Crippen molar-refractivity contribution in [1.29, 1.82) is 0 Å². The molecule has 4 amide bonds. The summed E-state index contributed by atoms with van der Waals surface area (Å²) < 4.78 is 20.2. The first kappa shape index (κ1) is 20.4. The molecule has 0 aromatic heterocycles. The van der Waals surface area contributed by atoms with E-state index in [1.165, 1.54) is 11.0 Å². The summed E-state index contributed by atoms with van der Waals surface area (Å²) in [6, 6.07) is 2.27. The molecule has 0 radical (unpaired) electrons. The molecule has 1 atom stereocenters. The quantitative estimate of drug-likeness (QED) is 0.778. The van der Waals surface area contributed by atoms with Crippen molar-refractivity contribution in [1.82, 2.24) is 10.2 Å². The summed E-state index contributed by atoms with van der Waals surface area (Å²) in [5.41, 5.74) is 1.26. The molecule has 0 spiro atoms. The molecular formula is C20H29FN4O3. The van der Waals surface area contributed by atoms with Crippen LogP contribution in [-0.2, 0) is 4.74 Å². The highest BCUT2D eigenvalue weighted by Crippen LogP contribution is 2.31. The van der Waals surface area contributed by atoms with E-state index in [0.29, 0.717) is 37.4 Å². The van der Waals surface area contributed by atoms with E-state index in [-0.39, 0.29) is 23.9 Å². The molecule has 2 fully saturated rings. The van der Waals surface area contributed by atoms with Crippen LogP contribution in [0, 0.1) is 12.7 Å². The second-order valence-corrected chi connectivity index (χ2v) is 7.32. The molecule has 28 heavy (non-hydrogen) atoms. The Morgan fingerprint density at radius 1 is 1.43 bits per heavy atom. The lowest BCUT2D eigenvalue weighted by Crippen LogP contribution is -2.42. The average molecular weight is 392 g/mol. The van der Waals surface area contributed by atoms with Gasteiger partial charge in [-0.05, 0) is 50.3 Å². The molecule has 2 aliphatic rings. The van der Waals surface area contributed by atoms with Crippen molar-refractivity contribution in [3.8, 4) is 0 Å². The van der Waals surface area contributed by atoms with Crippen LogP contribution in [0.25, 0.3) is 0 Å². The number of hydrogen-bond donors (Lipinski definition) is 2. The van der Waals surface area contributed by atoms with E-state index in [4.69, 9.17) is 4.74 Å². The molecule has 3 rings (SSSR count). The molecule has 2 N–H and O–H groups in total. The Balaban J connectivity index is 1.75. The van der Waals surface area contributed by atoms with Gasteiger partial charge in [0.25, 0.3) is 0 Å². The van der Waals surface area contributed by atoms with Crippen molar-refractivity contribution >= 4 is 23.4 Å². The van der Waals surface area contributed by atoms with Gasteiger partial charge in [0, 0.05) is 38.5 Å². The van der Waals surface area contributed by atoms with Gasteiger partial charge in [-0.1, -0.05) is 6.92 Å². The van der Waals surface area contributed by atoms with E-state index in [9.17, 15) is 14.0 Å². The normalized spacial score (nSPS) is 19.5. The van der Waals surface area contributed by atoms with Crippen LogP contribution < -0.4 is 15.5 Å². The van der Waals surface area contributed by atoms with Crippen molar-refractivity contribution in [3.05, 3.63) is 23.5 Å². The minimum atomic E-state index is -0.478. The Hall–Kier alpha value is -2.35. The highest BCUT2D eigenvalue weighted by atomic mass is 19.1. The van der Waals surface area contributed by atoms with Gasteiger partial charge in [-0.25, -0.2) is 14.0 Å². The lowest BCUT2D eigenvalue weighted by molar-refractivity contribution is 0.00161. The molecule has 0 bridgehead atoms. The van der Waals surface area contributed by atoms with Gasteiger partial charge in [0.1, 0.15) is 5.82 Å². The van der Waals surface area contributed by atoms with E-state index in [1.54, 1.807) is 17.9 Å². The monoisotopic (exact) mass is 392 g/mol. The van der Waals surface area contributed by atoms with Crippen LogP contribution in [0.4, 0.5) is 25.4 Å². The van der Waals surface area contributed by atoms with Crippen LogP contribution >= 0.6 is 0 Å². The number of carbonyl (C=O) groups excluding carboxylic acids is 2. The van der Waals surface area contributed by atoms with E-state index >= 15 is 0 Å². The number of nitrogens with zero attached hydrogens (tertiary/aromatic N) is 2. The smallest absolute Gasteiger partial charge is 0.322 e. The highest BCUT2D eigenvalue weighted by molar-refractivity contribution is 5.97. The third-order valence-corrected chi connectivity index (χ3v) is 5.23. The maximum Gasteiger partial charge on any atom is 0.322 e. The topological polar surface area (TPSA) is 73.9 Å². The molecule has 2 aliphatic heterocycles. The molecule has 2 heterocycles. The van der Waals surface area contributed by atoms with Crippen molar-refractivity contribution in [2.75, 3.05) is 43.0 Å². The average Bonchev–Trinajstić information content (AvgIpc) is 3.10. The number of carbonyl (C=O) groups is 2. The van der Waals surface area contributed by atoms with Gasteiger partial charge in [0.15, 0.2) is 0 Å². The third-order valence-electron chi connectivity index (χ3n) is 5.23. The third kappa shape index (κ3) is 4.55. The molecule has 0 unspecified atom stereocenters. The van der Waals surface area contributed by atoms with E-state index in [0.717, 1.165) is 32.3 Å². The van der Waals surface area contributed by atoms with Crippen molar-refractivity contribution < 1.29 is 18.7 Å². The molecule has 2 saturated heterocycles. The van der Waals surface area contributed by atoms with E-state index in [2.05, 4.69) is 10.6 Å². The fraction of sp³-hybridized carbons (Fsp3) is 0.600. The summed E-state index contributed by atoms with van der Waals surface area (Å²) in [6.45, 7) is 6.51. The first-order chi connectivity index (χ1) is 13.5. The van der Waals surface area contributed by atoms with Crippen LogP contribution in [-0.4, -0.2) is 55.9 Å². The van der Waals surface area contributed by atoms with Gasteiger partial charge < -0.3 is 20.3 Å². The SMILES string of the molecule is CCCN(C[C@@H]1CCCCO1)C(=O)Nc1ccc(F)c(N2CCNC2=O)c1C. The summed E-state index contributed by atoms with van der Waals surface area (Å²) >= 11 is 0. The number of nitrogens with one attached hydrogen (secondary N) is 2. The maximum absolute atomic E-state index is 14.4. The molecule has 154 valence electrons. The lowest BCUT2D eigenvalue weighted by atomic mass is 10.1. The Kier molecular flexibility index (Phi) is 6.72. The Bertz CT molecular complexity index is 722. The Labute approximate surface area is 165 Å². The zero-order chi connectivity index (χ0) is 20.1. The molecule has 0 saturated carbocycles. The van der Waals surface area contributed by atoms with Crippen molar-refractivity contribution in [2.45, 2.75) is 45.6 Å². The Morgan fingerprint density at radius 2 is 2.25 bits per heavy atom. The van der Waals surface area contributed by atoms with Gasteiger partial charge in [0.2, 0.25) is 0 Å². The second kappa shape index (κ2) is 9.23. The van der Waals surface area contributed by atoms with Gasteiger partial charge in [0.05, 0.1) is 11.8 Å². The number of hydrogen-bond acceptors (Lipinski definition) is 3. The predicted molar refractivity (Wildman–Crippen MR) is 106 cm³/mol. The number of ether oxygens (including phenoxy) is 1. The predicted octanol–water partition coefficient (Wildman–Crippen LogP) is 3.48. The molecule has 0 aliphatic carbocycles. The summed E-state index contributed by atoms with van der Waals surface area (Å²) in [7, 11) is 0. The zero-order valence-electron chi connectivity index (χ0n) is 16.6. The minimum absolute atomic E-state index is 0.0595. The maximum atomic E-state index is 14.4. The molecule has 7 nitrogen and oxygen atoms in total.